The van der Waals surface area contributed by atoms with Crippen molar-refractivity contribution in [3.8, 4) is 11.3 Å². The molecule has 0 saturated heterocycles. The molecule has 0 aliphatic carbocycles. The van der Waals surface area contributed by atoms with Gasteiger partial charge < -0.3 is 0 Å². The molecule has 17 heavy (non-hydrogen) atoms. The Kier molecular flexibility index (Phi) is 2.66. The van der Waals surface area contributed by atoms with Crippen LogP contribution in [0.25, 0.3) is 11.3 Å². The highest BCUT2D eigenvalue weighted by molar-refractivity contribution is 5.57. The summed E-state index contributed by atoms with van der Waals surface area (Å²) in [5.74, 6) is 0. The van der Waals surface area contributed by atoms with Crippen LogP contribution in [0.5, 0.6) is 0 Å². The van der Waals surface area contributed by atoms with Gasteiger partial charge in [0, 0.05) is 5.56 Å². The van der Waals surface area contributed by atoms with Crippen LogP contribution in [0.15, 0.2) is 35.3 Å². The molecule has 0 bridgehead atoms. The van der Waals surface area contributed by atoms with Crippen molar-refractivity contribution in [2.45, 2.75) is 6.18 Å². The molecule has 0 fully saturated rings. The second kappa shape index (κ2) is 4.00. The van der Waals surface area contributed by atoms with Gasteiger partial charge in [-0.05, 0) is 12.1 Å². The summed E-state index contributed by atoms with van der Waals surface area (Å²) in [7, 11) is 0. The van der Waals surface area contributed by atoms with Crippen LogP contribution in [-0.4, -0.2) is 15.2 Å². The highest BCUT2D eigenvalue weighted by Crippen LogP contribution is 2.30. The Bertz CT molecular complexity index is 574. The van der Waals surface area contributed by atoms with Crippen LogP contribution >= 0.6 is 0 Å². The quantitative estimate of drug-likeness (QED) is 0.828. The monoisotopic (exact) mass is 241 g/mol. The van der Waals surface area contributed by atoms with Crippen LogP contribution in [0.4, 0.5) is 13.2 Å². The maximum atomic E-state index is 12.3. The van der Waals surface area contributed by atoms with Crippen LogP contribution in [0, 0.1) is 0 Å². The van der Waals surface area contributed by atoms with Crippen molar-refractivity contribution in [2.75, 3.05) is 0 Å². The van der Waals surface area contributed by atoms with Gasteiger partial charge in [-0.1, -0.05) is 12.1 Å². The van der Waals surface area contributed by atoms with Crippen molar-refractivity contribution < 1.29 is 13.2 Å². The third-order valence-corrected chi connectivity index (χ3v) is 2.08. The lowest BCUT2D eigenvalue weighted by Crippen LogP contribution is -2.12. The van der Waals surface area contributed by atoms with Gasteiger partial charge in [-0.15, -0.1) is 0 Å². The third-order valence-electron chi connectivity index (χ3n) is 2.08. The Morgan fingerprint density at radius 3 is 2.29 bits per heavy atom. The zero-order chi connectivity index (χ0) is 12.5. The molecule has 0 saturated carbocycles. The fourth-order valence-corrected chi connectivity index (χ4v) is 1.28. The lowest BCUT2D eigenvalue weighted by Gasteiger charge is -2.06. The molecular weight excluding hydrogens is 235 g/mol. The molecule has 2 aromatic rings. The van der Waals surface area contributed by atoms with Crippen LogP contribution in [0.3, 0.4) is 0 Å². The number of hydrogen-bond donors (Lipinski definition) is 1. The Morgan fingerprint density at radius 1 is 1.12 bits per heavy atom. The van der Waals surface area contributed by atoms with Crippen molar-refractivity contribution in [3.05, 3.63) is 46.5 Å². The average molecular weight is 241 g/mol. The molecular formula is C10H6F3N3O. The highest BCUT2D eigenvalue weighted by atomic mass is 19.4. The SMILES string of the molecule is O=c1nc(-c2ccc(C(F)(F)F)cc2)cn[nH]1. The standard InChI is InChI=1S/C10H6F3N3O/c11-10(12,13)7-3-1-6(2-4-7)8-5-14-16-9(17)15-8/h1-5H,(H,15,16,17). The van der Waals surface area contributed by atoms with Crippen molar-refractivity contribution in [3.63, 3.8) is 0 Å². The number of halogens is 3. The number of aromatic amines is 1. The molecule has 7 heteroatoms. The molecule has 1 aromatic heterocycles. The summed E-state index contributed by atoms with van der Waals surface area (Å²) in [6.45, 7) is 0. The molecule has 0 amide bonds. The normalized spacial score (nSPS) is 11.5. The average Bonchev–Trinajstić information content (AvgIpc) is 2.28. The zero-order valence-corrected chi connectivity index (χ0v) is 8.32. The number of nitrogens with one attached hydrogen (secondary N) is 1. The molecule has 0 aliphatic heterocycles. The number of alkyl halides is 3. The summed E-state index contributed by atoms with van der Waals surface area (Å²) in [6.07, 6.45) is -3.11. The molecule has 1 N–H and O–H groups in total. The molecule has 0 atom stereocenters. The predicted molar refractivity (Wildman–Crippen MR) is 53.1 cm³/mol. The molecule has 2 rings (SSSR count). The molecule has 0 radical (unpaired) electrons. The largest absolute Gasteiger partial charge is 0.416 e. The Hall–Kier alpha value is -2.18. The van der Waals surface area contributed by atoms with Crippen LogP contribution in [0.2, 0.25) is 0 Å². The number of H-pyrrole nitrogens is 1. The first-order valence-corrected chi connectivity index (χ1v) is 4.56. The minimum absolute atomic E-state index is 0.225. The van der Waals surface area contributed by atoms with E-state index in [0.29, 0.717) is 5.56 Å². The summed E-state index contributed by atoms with van der Waals surface area (Å²) in [5, 5.41) is 5.59. The summed E-state index contributed by atoms with van der Waals surface area (Å²) < 4.78 is 36.9. The lowest BCUT2D eigenvalue weighted by molar-refractivity contribution is -0.137. The maximum absolute atomic E-state index is 12.3. The number of aromatic nitrogens is 3. The van der Waals surface area contributed by atoms with E-state index in [2.05, 4.69) is 15.2 Å². The summed E-state index contributed by atoms with van der Waals surface area (Å²) in [6, 6.07) is 4.34. The number of nitrogens with zero attached hydrogens (tertiary/aromatic N) is 2. The third kappa shape index (κ3) is 2.49. The van der Waals surface area contributed by atoms with E-state index in [1.165, 1.54) is 18.3 Å². The van der Waals surface area contributed by atoms with E-state index >= 15 is 0 Å². The van der Waals surface area contributed by atoms with Gasteiger partial charge in [-0.3, -0.25) is 0 Å². The number of benzene rings is 1. The first-order chi connectivity index (χ1) is 7.97. The van der Waals surface area contributed by atoms with Crippen LogP contribution in [-0.2, 0) is 6.18 Å². The van der Waals surface area contributed by atoms with Crippen molar-refractivity contribution in [1.29, 1.82) is 0 Å². The van der Waals surface area contributed by atoms with Gasteiger partial charge in [0.15, 0.2) is 0 Å². The van der Waals surface area contributed by atoms with E-state index in [-0.39, 0.29) is 5.69 Å². The zero-order valence-electron chi connectivity index (χ0n) is 8.32. The Labute approximate surface area is 93.1 Å². The smallest absolute Gasteiger partial charge is 0.244 e. The van der Waals surface area contributed by atoms with Crippen LogP contribution in [0.1, 0.15) is 5.56 Å². The minimum atomic E-state index is -4.38. The lowest BCUT2D eigenvalue weighted by atomic mass is 10.1. The fourth-order valence-electron chi connectivity index (χ4n) is 1.28. The molecule has 0 aliphatic rings. The molecule has 4 nitrogen and oxygen atoms in total. The van der Waals surface area contributed by atoms with E-state index in [0.717, 1.165) is 12.1 Å². The highest BCUT2D eigenvalue weighted by Gasteiger charge is 2.29. The molecule has 1 aromatic carbocycles. The second-order valence-corrected chi connectivity index (χ2v) is 3.25. The molecule has 0 unspecified atom stereocenters. The van der Waals surface area contributed by atoms with Gasteiger partial charge in [0.1, 0.15) is 0 Å². The van der Waals surface area contributed by atoms with Crippen molar-refractivity contribution in [1.82, 2.24) is 15.2 Å². The van der Waals surface area contributed by atoms with E-state index in [1.807, 2.05) is 0 Å². The number of hydrogen-bond acceptors (Lipinski definition) is 3. The van der Waals surface area contributed by atoms with Gasteiger partial charge >= 0.3 is 11.9 Å². The summed E-state index contributed by atoms with van der Waals surface area (Å²) >= 11 is 0. The minimum Gasteiger partial charge on any atom is -0.244 e. The molecule has 1 heterocycles. The first-order valence-electron chi connectivity index (χ1n) is 4.56. The topological polar surface area (TPSA) is 58.6 Å². The van der Waals surface area contributed by atoms with Gasteiger partial charge in [0.05, 0.1) is 17.5 Å². The Balaban J connectivity index is 2.39. The van der Waals surface area contributed by atoms with Gasteiger partial charge in [-0.2, -0.15) is 23.3 Å². The molecule has 0 spiro atoms. The fraction of sp³-hybridized carbons (Fsp3) is 0.100. The maximum Gasteiger partial charge on any atom is 0.416 e. The van der Waals surface area contributed by atoms with Gasteiger partial charge in [-0.25, -0.2) is 9.89 Å². The van der Waals surface area contributed by atoms with E-state index in [4.69, 9.17) is 0 Å². The van der Waals surface area contributed by atoms with Gasteiger partial charge in [0.2, 0.25) is 0 Å². The van der Waals surface area contributed by atoms with Crippen molar-refractivity contribution >= 4 is 0 Å². The second-order valence-electron chi connectivity index (χ2n) is 3.25. The predicted octanol–water partition coefficient (Wildman–Crippen LogP) is 1.85. The summed E-state index contributed by atoms with van der Waals surface area (Å²) in [4.78, 5) is 14.5. The summed E-state index contributed by atoms with van der Waals surface area (Å²) in [5.41, 5.74) is -0.777. The Morgan fingerprint density at radius 2 is 1.76 bits per heavy atom. The van der Waals surface area contributed by atoms with Crippen LogP contribution < -0.4 is 5.69 Å². The van der Waals surface area contributed by atoms with Crippen molar-refractivity contribution in [2.24, 2.45) is 0 Å². The molecule has 88 valence electrons. The number of rotatable bonds is 1. The van der Waals surface area contributed by atoms with E-state index in [9.17, 15) is 18.0 Å². The first kappa shape index (κ1) is 11.3. The van der Waals surface area contributed by atoms with Gasteiger partial charge in [0.25, 0.3) is 0 Å². The van der Waals surface area contributed by atoms with E-state index < -0.39 is 17.4 Å². The van der Waals surface area contributed by atoms with E-state index in [1.54, 1.807) is 0 Å².